The summed E-state index contributed by atoms with van der Waals surface area (Å²) < 4.78 is 69.3. The van der Waals surface area contributed by atoms with Crippen LogP contribution < -0.4 is 39.4 Å². The summed E-state index contributed by atoms with van der Waals surface area (Å²) in [6, 6.07) is 6.72. The van der Waals surface area contributed by atoms with Gasteiger partial charge < -0.3 is 14.6 Å². The van der Waals surface area contributed by atoms with Gasteiger partial charge in [0.1, 0.15) is 11.4 Å². The molecule has 0 aliphatic carbocycles. The molecular weight excluding hydrogens is 432 g/mol. The number of carbonyl (C=O) groups excluding carboxylic acids is 1. The number of hydrogen-bond acceptors (Lipinski definition) is 5. The minimum Gasteiger partial charge on any atom is -0.546 e. The van der Waals surface area contributed by atoms with Crippen LogP contribution >= 0.6 is 0 Å². The molecule has 0 saturated carbocycles. The fraction of sp³-hybridized carbons (Fsp3) is 0.350. The second kappa shape index (κ2) is 9.30. The Hall–Kier alpha value is -1.55. The van der Waals surface area contributed by atoms with Crippen LogP contribution in [-0.4, -0.2) is 25.7 Å². The van der Waals surface area contributed by atoms with Gasteiger partial charge in [-0.1, -0.05) is 13.0 Å². The molecule has 0 spiro atoms. The first-order chi connectivity index (χ1) is 13.2. The summed E-state index contributed by atoms with van der Waals surface area (Å²) in [5, 5.41) is 11.3. The van der Waals surface area contributed by atoms with Gasteiger partial charge in [-0.25, -0.2) is 8.42 Å². The SMILES string of the molecule is CCS(=O)(=O)c1ccc(-c2cc(C(F)(F)F)ccc2OC(C)(C)C(=O)[O-])c(C)c1.[Na+]. The summed E-state index contributed by atoms with van der Waals surface area (Å²) in [4.78, 5) is 11.3. The van der Waals surface area contributed by atoms with Crippen molar-refractivity contribution in [3.05, 3.63) is 47.5 Å². The van der Waals surface area contributed by atoms with Gasteiger partial charge in [-0.05, 0) is 62.2 Å². The first-order valence-electron chi connectivity index (χ1n) is 8.64. The van der Waals surface area contributed by atoms with E-state index >= 15 is 0 Å². The second-order valence-electron chi connectivity index (χ2n) is 6.99. The molecule has 0 saturated heterocycles. The van der Waals surface area contributed by atoms with Crippen molar-refractivity contribution >= 4 is 15.8 Å². The largest absolute Gasteiger partial charge is 1.00 e. The molecule has 2 aromatic carbocycles. The molecule has 0 heterocycles. The average molecular weight is 452 g/mol. The monoisotopic (exact) mass is 452 g/mol. The molecule has 0 radical (unpaired) electrons. The predicted molar refractivity (Wildman–Crippen MR) is 99.1 cm³/mol. The van der Waals surface area contributed by atoms with Crippen molar-refractivity contribution in [1.29, 1.82) is 0 Å². The number of aliphatic carboxylic acids is 1. The summed E-state index contributed by atoms with van der Waals surface area (Å²) >= 11 is 0. The molecular formula is C20H20F3NaO5S. The quantitative estimate of drug-likeness (QED) is 0.592. The summed E-state index contributed by atoms with van der Waals surface area (Å²) in [7, 11) is -3.50. The number of ether oxygens (including phenoxy) is 1. The summed E-state index contributed by atoms with van der Waals surface area (Å²) in [6.45, 7) is 5.47. The Balaban J connectivity index is 0.00000450. The Morgan fingerprint density at radius 2 is 1.67 bits per heavy atom. The summed E-state index contributed by atoms with van der Waals surface area (Å²) in [6.07, 6.45) is -4.63. The Morgan fingerprint density at radius 1 is 1.07 bits per heavy atom. The van der Waals surface area contributed by atoms with Gasteiger partial charge in [0.15, 0.2) is 9.84 Å². The fourth-order valence-corrected chi connectivity index (χ4v) is 3.59. The smallest absolute Gasteiger partial charge is 0.546 e. The number of carbonyl (C=O) groups is 1. The number of halogens is 3. The molecule has 0 N–H and O–H groups in total. The van der Waals surface area contributed by atoms with E-state index in [4.69, 9.17) is 4.74 Å². The number of rotatable bonds is 6. The van der Waals surface area contributed by atoms with Gasteiger partial charge in [0.05, 0.1) is 22.2 Å². The van der Waals surface area contributed by atoms with E-state index in [-0.39, 0.29) is 57.1 Å². The van der Waals surface area contributed by atoms with Crippen LogP contribution in [0.25, 0.3) is 11.1 Å². The number of carboxylic acids is 1. The molecule has 0 aliphatic heterocycles. The zero-order chi connectivity index (χ0) is 22.2. The van der Waals surface area contributed by atoms with Crippen molar-refractivity contribution in [1.82, 2.24) is 0 Å². The molecule has 0 atom stereocenters. The summed E-state index contributed by atoms with van der Waals surface area (Å²) in [5.41, 5.74) is -2.07. The van der Waals surface area contributed by atoms with E-state index in [0.717, 1.165) is 18.2 Å². The van der Waals surface area contributed by atoms with Crippen LogP contribution in [0, 0.1) is 6.92 Å². The topological polar surface area (TPSA) is 83.5 Å². The number of carboxylic acid groups (broad SMARTS) is 1. The van der Waals surface area contributed by atoms with Crippen LogP contribution in [0.4, 0.5) is 13.2 Å². The minimum absolute atomic E-state index is 0. The molecule has 0 fully saturated rings. The molecule has 10 heteroatoms. The third kappa shape index (κ3) is 5.78. The van der Waals surface area contributed by atoms with Gasteiger partial charge in [-0.15, -0.1) is 0 Å². The van der Waals surface area contributed by atoms with E-state index in [1.54, 1.807) is 6.92 Å². The maximum Gasteiger partial charge on any atom is 1.00 e. The number of sulfone groups is 1. The van der Waals surface area contributed by atoms with Crippen molar-refractivity contribution in [3.8, 4) is 16.9 Å². The van der Waals surface area contributed by atoms with E-state index in [1.807, 2.05) is 0 Å². The molecule has 0 unspecified atom stereocenters. The van der Waals surface area contributed by atoms with Crippen molar-refractivity contribution in [2.75, 3.05) is 5.75 Å². The van der Waals surface area contributed by atoms with Crippen LogP contribution in [-0.2, 0) is 20.8 Å². The molecule has 0 aliphatic rings. The predicted octanol–water partition coefficient (Wildman–Crippen LogP) is 0.386. The van der Waals surface area contributed by atoms with Gasteiger partial charge >= 0.3 is 35.7 Å². The summed E-state index contributed by atoms with van der Waals surface area (Å²) in [5.74, 6) is -1.75. The molecule has 0 amide bonds. The van der Waals surface area contributed by atoms with Crippen LogP contribution in [0.5, 0.6) is 5.75 Å². The molecule has 30 heavy (non-hydrogen) atoms. The van der Waals surface area contributed by atoms with E-state index in [9.17, 15) is 31.5 Å². The Morgan fingerprint density at radius 3 is 2.13 bits per heavy atom. The van der Waals surface area contributed by atoms with Gasteiger partial charge in [0.2, 0.25) is 0 Å². The maximum absolute atomic E-state index is 13.2. The normalized spacial score (nSPS) is 12.2. The van der Waals surface area contributed by atoms with Gasteiger partial charge in [-0.2, -0.15) is 13.2 Å². The Labute approximate surface area is 195 Å². The molecule has 2 aromatic rings. The van der Waals surface area contributed by atoms with E-state index in [2.05, 4.69) is 0 Å². The third-order valence-corrected chi connectivity index (χ3v) is 6.12. The average Bonchev–Trinajstić information content (AvgIpc) is 2.60. The second-order valence-corrected chi connectivity index (χ2v) is 9.27. The third-order valence-electron chi connectivity index (χ3n) is 4.39. The van der Waals surface area contributed by atoms with Crippen molar-refractivity contribution in [3.63, 3.8) is 0 Å². The first-order valence-corrected chi connectivity index (χ1v) is 10.3. The van der Waals surface area contributed by atoms with Gasteiger partial charge in [-0.3, -0.25) is 0 Å². The van der Waals surface area contributed by atoms with E-state index < -0.39 is 33.1 Å². The van der Waals surface area contributed by atoms with Crippen LogP contribution in [0.1, 0.15) is 31.9 Å². The molecule has 0 aromatic heterocycles. The zero-order valence-electron chi connectivity index (χ0n) is 17.3. The fourth-order valence-electron chi connectivity index (χ4n) is 2.62. The molecule has 5 nitrogen and oxygen atoms in total. The number of aryl methyl sites for hydroxylation is 1. The van der Waals surface area contributed by atoms with Crippen LogP contribution in [0.3, 0.4) is 0 Å². The van der Waals surface area contributed by atoms with E-state index in [0.29, 0.717) is 5.56 Å². The van der Waals surface area contributed by atoms with Crippen molar-refractivity contribution < 1.29 is 65.8 Å². The number of benzene rings is 2. The number of hydrogen-bond donors (Lipinski definition) is 0. The van der Waals surface area contributed by atoms with Crippen molar-refractivity contribution in [2.45, 2.75) is 44.4 Å². The minimum atomic E-state index is -4.63. The van der Waals surface area contributed by atoms with Crippen molar-refractivity contribution in [2.24, 2.45) is 0 Å². The first kappa shape index (κ1) is 26.5. The maximum atomic E-state index is 13.2. The Bertz CT molecular complexity index is 1050. The van der Waals surface area contributed by atoms with Gasteiger partial charge in [0, 0.05) is 5.56 Å². The standard InChI is InChI=1S/C20H21F3O5S.Na/c1-5-29(26,27)14-7-8-15(12(2)10-14)16-11-13(20(21,22)23)6-9-17(16)28-19(3,4)18(24)25;/h6-11H,5H2,1-4H3,(H,24,25);/q;+1/p-1. The Kier molecular flexibility index (Phi) is 8.21. The zero-order valence-corrected chi connectivity index (χ0v) is 20.1. The molecule has 2 rings (SSSR count). The van der Waals surface area contributed by atoms with Crippen LogP contribution in [0.2, 0.25) is 0 Å². The number of alkyl halides is 3. The molecule has 0 bridgehead atoms. The molecule has 158 valence electrons. The van der Waals surface area contributed by atoms with Crippen LogP contribution in [0.15, 0.2) is 41.3 Å². The van der Waals surface area contributed by atoms with Gasteiger partial charge in [0.25, 0.3) is 0 Å². The van der Waals surface area contributed by atoms with E-state index in [1.165, 1.54) is 39.0 Å².